The number of nitro groups is 1. The van der Waals surface area contributed by atoms with E-state index in [2.05, 4.69) is 27.9 Å². The molecule has 20 heavy (non-hydrogen) atoms. The minimum absolute atomic E-state index is 0.0431. The van der Waals surface area contributed by atoms with E-state index in [1.54, 1.807) is 0 Å². The van der Waals surface area contributed by atoms with Crippen LogP contribution in [0.15, 0.2) is 17.0 Å². The second-order valence-corrected chi connectivity index (χ2v) is 6.89. The Morgan fingerprint density at radius 3 is 2.80 bits per heavy atom. The zero-order valence-corrected chi connectivity index (χ0v) is 13.2. The number of sulfonamides is 1. The van der Waals surface area contributed by atoms with Gasteiger partial charge in [-0.2, -0.15) is 0 Å². The van der Waals surface area contributed by atoms with Crippen molar-refractivity contribution >= 4 is 44.0 Å². The van der Waals surface area contributed by atoms with Gasteiger partial charge in [0.15, 0.2) is 11.4 Å². The van der Waals surface area contributed by atoms with Crippen LogP contribution in [0.1, 0.15) is 6.42 Å². The molecule has 1 aromatic carbocycles. The van der Waals surface area contributed by atoms with Crippen molar-refractivity contribution in [3.05, 3.63) is 22.2 Å². The minimum Gasteiger partial charge on any atom is -0.489 e. The summed E-state index contributed by atoms with van der Waals surface area (Å²) in [5, 5.41) is 19.1. The standard InChI is InChI=1S/C10H12IN3O5S/c11-2-1-6-5-19-9-4-7(20(12,17)18)3-8(14(15)16)10(9)13-6/h3-4,6,13H,1-2,5H2,(H2,12,17,18). The quantitative estimate of drug-likeness (QED) is 0.331. The van der Waals surface area contributed by atoms with E-state index < -0.39 is 14.9 Å². The maximum atomic E-state index is 11.3. The van der Waals surface area contributed by atoms with Gasteiger partial charge >= 0.3 is 0 Å². The summed E-state index contributed by atoms with van der Waals surface area (Å²) in [6, 6.07) is 2.10. The molecule has 0 saturated heterocycles. The highest BCUT2D eigenvalue weighted by Crippen LogP contribution is 2.40. The van der Waals surface area contributed by atoms with Crippen molar-refractivity contribution < 1.29 is 18.1 Å². The van der Waals surface area contributed by atoms with Gasteiger partial charge in [-0.15, -0.1) is 0 Å². The third kappa shape index (κ3) is 3.12. The minimum atomic E-state index is -4.03. The fraction of sp³-hybridized carbons (Fsp3) is 0.400. The van der Waals surface area contributed by atoms with Crippen LogP contribution < -0.4 is 15.2 Å². The van der Waals surface area contributed by atoms with Crippen LogP contribution in [0.4, 0.5) is 11.4 Å². The molecule has 8 nitrogen and oxygen atoms in total. The van der Waals surface area contributed by atoms with E-state index in [4.69, 9.17) is 9.88 Å². The van der Waals surface area contributed by atoms with E-state index in [0.717, 1.165) is 16.9 Å². The van der Waals surface area contributed by atoms with Gasteiger partial charge in [-0.25, -0.2) is 13.6 Å². The molecular formula is C10H12IN3O5S. The molecule has 0 radical (unpaired) electrons. The third-order valence-electron chi connectivity index (χ3n) is 2.83. The average Bonchev–Trinajstić information content (AvgIpc) is 2.36. The Hall–Kier alpha value is -1.14. The molecule has 3 N–H and O–H groups in total. The number of hydrogen-bond donors (Lipinski definition) is 2. The summed E-state index contributed by atoms with van der Waals surface area (Å²) in [4.78, 5) is 10.1. The van der Waals surface area contributed by atoms with Crippen molar-refractivity contribution in [2.75, 3.05) is 16.4 Å². The number of alkyl halides is 1. The van der Waals surface area contributed by atoms with E-state index >= 15 is 0 Å². The van der Waals surface area contributed by atoms with Crippen LogP contribution in [0, 0.1) is 10.1 Å². The molecule has 0 spiro atoms. The van der Waals surface area contributed by atoms with Crippen molar-refractivity contribution in [1.82, 2.24) is 0 Å². The topological polar surface area (TPSA) is 125 Å². The first-order chi connectivity index (χ1) is 9.32. The third-order valence-corrected chi connectivity index (χ3v) is 4.34. The van der Waals surface area contributed by atoms with Crippen LogP contribution in [0.25, 0.3) is 0 Å². The number of rotatable bonds is 4. The lowest BCUT2D eigenvalue weighted by Gasteiger charge is -2.27. The molecule has 2 rings (SSSR count). The van der Waals surface area contributed by atoms with Gasteiger partial charge in [0, 0.05) is 16.6 Å². The molecule has 1 aromatic rings. The second kappa shape index (κ2) is 5.69. The van der Waals surface area contributed by atoms with Gasteiger partial charge in [0.05, 0.1) is 15.9 Å². The summed E-state index contributed by atoms with van der Waals surface area (Å²) >= 11 is 2.20. The average molecular weight is 413 g/mol. The summed E-state index contributed by atoms with van der Waals surface area (Å²) in [6.07, 6.45) is 0.786. The second-order valence-electron chi connectivity index (χ2n) is 4.25. The monoisotopic (exact) mass is 413 g/mol. The normalized spacial score (nSPS) is 17.8. The Morgan fingerprint density at radius 2 is 2.25 bits per heavy atom. The number of fused-ring (bicyclic) bond motifs is 1. The van der Waals surface area contributed by atoms with Gasteiger partial charge in [0.2, 0.25) is 10.0 Å². The number of nitro benzene ring substituents is 1. The van der Waals surface area contributed by atoms with Gasteiger partial charge in [0.25, 0.3) is 5.69 Å². The molecule has 1 aliphatic rings. The summed E-state index contributed by atoms with van der Waals surface area (Å²) in [6.45, 7) is 0.321. The highest BCUT2D eigenvalue weighted by molar-refractivity contribution is 14.1. The van der Waals surface area contributed by atoms with Gasteiger partial charge < -0.3 is 10.1 Å². The van der Waals surface area contributed by atoms with Crippen LogP contribution in [0.5, 0.6) is 5.75 Å². The SMILES string of the molecule is NS(=O)(=O)c1cc2c(c([N+](=O)[O-])c1)NC(CCI)CO2. The predicted molar refractivity (Wildman–Crippen MR) is 80.9 cm³/mol. The largest absolute Gasteiger partial charge is 0.489 e. The first-order valence-corrected chi connectivity index (χ1v) is 8.70. The molecule has 110 valence electrons. The molecule has 0 aromatic heterocycles. The van der Waals surface area contributed by atoms with Crippen LogP contribution in [0.3, 0.4) is 0 Å². The van der Waals surface area contributed by atoms with Gasteiger partial charge in [0.1, 0.15) is 6.61 Å². The van der Waals surface area contributed by atoms with Crippen LogP contribution in [0.2, 0.25) is 0 Å². The summed E-state index contributed by atoms with van der Waals surface area (Å²) in [7, 11) is -4.03. The van der Waals surface area contributed by atoms with Gasteiger partial charge in [-0.3, -0.25) is 10.1 Å². The van der Waals surface area contributed by atoms with Crippen molar-refractivity contribution in [3.63, 3.8) is 0 Å². The van der Waals surface area contributed by atoms with Gasteiger partial charge in [-0.05, 0) is 6.42 Å². The predicted octanol–water partition coefficient (Wildman–Crippen LogP) is 1.24. The highest BCUT2D eigenvalue weighted by Gasteiger charge is 2.29. The van der Waals surface area contributed by atoms with Gasteiger partial charge in [-0.1, -0.05) is 22.6 Å². The zero-order chi connectivity index (χ0) is 14.9. The van der Waals surface area contributed by atoms with E-state index in [1.807, 2.05) is 0 Å². The smallest absolute Gasteiger partial charge is 0.297 e. The molecule has 0 aliphatic carbocycles. The molecule has 1 aliphatic heterocycles. The first-order valence-electron chi connectivity index (χ1n) is 5.63. The molecule has 0 amide bonds. The molecule has 0 saturated carbocycles. The molecule has 1 heterocycles. The van der Waals surface area contributed by atoms with Crippen LogP contribution in [-0.2, 0) is 10.0 Å². The lowest BCUT2D eigenvalue weighted by Crippen LogP contribution is -2.32. The number of nitrogens with one attached hydrogen (secondary N) is 1. The van der Waals surface area contributed by atoms with Crippen molar-refractivity contribution in [1.29, 1.82) is 0 Å². The molecule has 0 fully saturated rings. The molecule has 0 bridgehead atoms. The fourth-order valence-corrected chi connectivity index (χ4v) is 3.17. The van der Waals surface area contributed by atoms with Crippen LogP contribution >= 0.6 is 22.6 Å². The Bertz CT molecular complexity index is 649. The molecule has 1 atom stereocenters. The lowest BCUT2D eigenvalue weighted by atomic mass is 10.1. The molecule has 1 unspecified atom stereocenters. The lowest BCUT2D eigenvalue weighted by molar-refractivity contribution is -0.384. The summed E-state index contributed by atoms with van der Waals surface area (Å²) < 4.78 is 29.0. The maximum absolute atomic E-state index is 11.3. The fourth-order valence-electron chi connectivity index (χ4n) is 1.87. The first kappa shape index (κ1) is 15.3. The summed E-state index contributed by atoms with van der Waals surface area (Å²) in [5.74, 6) is 0.132. The molecule has 10 heteroatoms. The summed E-state index contributed by atoms with van der Waals surface area (Å²) in [5.41, 5.74) is -0.159. The Morgan fingerprint density at radius 1 is 1.55 bits per heavy atom. The highest BCUT2D eigenvalue weighted by atomic mass is 127. The van der Waals surface area contributed by atoms with E-state index in [-0.39, 0.29) is 28.1 Å². The zero-order valence-electron chi connectivity index (χ0n) is 10.2. The van der Waals surface area contributed by atoms with Crippen molar-refractivity contribution in [3.8, 4) is 5.75 Å². The van der Waals surface area contributed by atoms with E-state index in [0.29, 0.717) is 6.61 Å². The number of primary sulfonamides is 1. The molecular weight excluding hydrogens is 401 g/mol. The number of nitrogens with zero attached hydrogens (tertiary/aromatic N) is 1. The number of anilines is 1. The van der Waals surface area contributed by atoms with Crippen molar-refractivity contribution in [2.24, 2.45) is 5.14 Å². The van der Waals surface area contributed by atoms with E-state index in [9.17, 15) is 18.5 Å². The number of hydrogen-bond acceptors (Lipinski definition) is 6. The van der Waals surface area contributed by atoms with Crippen LogP contribution in [-0.4, -0.2) is 30.4 Å². The Kier molecular flexibility index (Phi) is 4.34. The number of halogens is 1. The maximum Gasteiger partial charge on any atom is 0.297 e. The number of nitrogens with two attached hydrogens (primary N) is 1. The number of ether oxygens (including phenoxy) is 1. The number of benzene rings is 1. The Labute approximate surface area is 129 Å². The van der Waals surface area contributed by atoms with Crippen molar-refractivity contribution in [2.45, 2.75) is 17.4 Å². The van der Waals surface area contributed by atoms with E-state index in [1.165, 1.54) is 6.07 Å². The Balaban J connectivity index is 2.52.